The molecule has 0 N–H and O–H groups in total. The van der Waals surface area contributed by atoms with Crippen molar-refractivity contribution < 1.29 is 0 Å². The zero-order chi connectivity index (χ0) is 15.5. The Bertz CT molecular complexity index is 677. The molecule has 0 aliphatic carbocycles. The molecule has 114 valence electrons. The van der Waals surface area contributed by atoms with E-state index < -0.39 is 0 Å². The van der Waals surface area contributed by atoms with Gasteiger partial charge in [-0.15, -0.1) is 0 Å². The molecule has 0 aromatic heterocycles. The van der Waals surface area contributed by atoms with Crippen LogP contribution >= 0.6 is 0 Å². The Labute approximate surface area is 134 Å². The quantitative estimate of drug-likeness (QED) is 0.729. The number of benzene rings is 2. The highest BCUT2D eigenvalue weighted by Crippen LogP contribution is 2.29. The summed E-state index contributed by atoms with van der Waals surface area (Å²) in [4.78, 5) is 2.50. The topological polar surface area (TPSA) is 3.24 Å². The van der Waals surface area contributed by atoms with Crippen LogP contribution in [0, 0.1) is 13.8 Å². The largest absolute Gasteiger partial charge is 0.375 e. The molecule has 0 bridgehead atoms. The van der Waals surface area contributed by atoms with Gasteiger partial charge in [0.1, 0.15) is 0 Å². The Morgan fingerprint density at radius 1 is 1.00 bits per heavy atom. The van der Waals surface area contributed by atoms with Crippen LogP contribution in [-0.4, -0.2) is 18.0 Å². The van der Waals surface area contributed by atoms with Crippen molar-refractivity contribution in [3.05, 3.63) is 64.9 Å². The van der Waals surface area contributed by atoms with Crippen molar-refractivity contribution in [3.63, 3.8) is 0 Å². The number of rotatable bonds is 3. The highest BCUT2D eigenvalue weighted by Gasteiger charge is 2.12. The van der Waals surface area contributed by atoms with Crippen LogP contribution < -0.4 is 0 Å². The maximum Gasteiger partial charge on any atom is 0.0175 e. The molecule has 0 atom stereocenters. The van der Waals surface area contributed by atoms with Crippen LogP contribution in [0.3, 0.4) is 0 Å². The van der Waals surface area contributed by atoms with E-state index in [0.29, 0.717) is 0 Å². The van der Waals surface area contributed by atoms with E-state index >= 15 is 0 Å². The van der Waals surface area contributed by atoms with Gasteiger partial charge >= 0.3 is 0 Å². The van der Waals surface area contributed by atoms with Crippen molar-refractivity contribution in [2.45, 2.75) is 33.6 Å². The highest BCUT2D eigenvalue weighted by atomic mass is 15.1. The minimum Gasteiger partial charge on any atom is -0.375 e. The van der Waals surface area contributed by atoms with Gasteiger partial charge < -0.3 is 4.90 Å². The monoisotopic (exact) mass is 291 g/mol. The van der Waals surface area contributed by atoms with Crippen molar-refractivity contribution in [3.8, 4) is 11.1 Å². The molecule has 0 radical (unpaired) electrons. The molecule has 0 spiro atoms. The van der Waals surface area contributed by atoms with Gasteiger partial charge in [0.2, 0.25) is 0 Å². The van der Waals surface area contributed by atoms with E-state index in [4.69, 9.17) is 0 Å². The molecular weight excluding hydrogens is 266 g/mol. The fourth-order valence-corrected chi connectivity index (χ4v) is 3.34. The average Bonchev–Trinajstić information content (AvgIpc) is 3.06. The molecular formula is C21H25N. The van der Waals surface area contributed by atoms with Crippen LogP contribution in [0.5, 0.6) is 0 Å². The van der Waals surface area contributed by atoms with E-state index in [1.54, 1.807) is 0 Å². The second kappa shape index (κ2) is 6.39. The third kappa shape index (κ3) is 3.09. The van der Waals surface area contributed by atoms with Gasteiger partial charge in [-0.1, -0.05) is 42.5 Å². The molecule has 3 rings (SSSR count). The normalized spacial score (nSPS) is 15.4. The summed E-state index contributed by atoms with van der Waals surface area (Å²) in [6.07, 6.45) is 5.01. The fraction of sp³-hybridized carbons (Fsp3) is 0.333. The Balaban J connectivity index is 2.02. The number of hydrogen-bond donors (Lipinski definition) is 0. The van der Waals surface area contributed by atoms with Crippen LogP contribution in [0.1, 0.15) is 36.5 Å². The first-order valence-corrected chi connectivity index (χ1v) is 8.25. The number of allylic oxidation sites excluding steroid dienone is 1. The minimum atomic E-state index is 1.21. The van der Waals surface area contributed by atoms with E-state index in [2.05, 4.69) is 74.2 Å². The number of nitrogens with zero attached hydrogens (tertiary/aromatic N) is 1. The van der Waals surface area contributed by atoms with Crippen molar-refractivity contribution >= 4 is 6.08 Å². The zero-order valence-electron chi connectivity index (χ0n) is 13.9. The summed E-state index contributed by atoms with van der Waals surface area (Å²) in [5.41, 5.74) is 8.09. The second-order valence-electron chi connectivity index (χ2n) is 6.37. The molecule has 1 heteroatoms. The van der Waals surface area contributed by atoms with Crippen molar-refractivity contribution in [1.82, 2.24) is 4.90 Å². The maximum atomic E-state index is 2.50. The third-order valence-electron chi connectivity index (χ3n) is 4.65. The van der Waals surface area contributed by atoms with Gasteiger partial charge in [-0.3, -0.25) is 0 Å². The van der Waals surface area contributed by atoms with Crippen LogP contribution in [0.2, 0.25) is 0 Å². The lowest BCUT2D eigenvalue weighted by molar-refractivity contribution is 0.431. The minimum absolute atomic E-state index is 1.21. The molecule has 0 amide bonds. The lowest BCUT2D eigenvalue weighted by Crippen LogP contribution is -2.16. The van der Waals surface area contributed by atoms with E-state index in [9.17, 15) is 0 Å². The van der Waals surface area contributed by atoms with Gasteiger partial charge in [-0.25, -0.2) is 0 Å². The summed E-state index contributed by atoms with van der Waals surface area (Å²) < 4.78 is 0. The van der Waals surface area contributed by atoms with Crippen LogP contribution in [0.25, 0.3) is 17.2 Å². The Kier molecular flexibility index (Phi) is 4.33. The fourth-order valence-electron chi connectivity index (χ4n) is 3.34. The molecule has 1 aliphatic rings. The number of hydrogen-bond acceptors (Lipinski definition) is 1. The summed E-state index contributed by atoms with van der Waals surface area (Å²) in [5.74, 6) is 0. The van der Waals surface area contributed by atoms with Crippen molar-refractivity contribution in [2.24, 2.45) is 0 Å². The first kappa shape index (κ1) is 14.9. The van der Waals surface area contributed by atoms with E-state index in [-0.39, 0.29) is 0 Å². The summed E-state index contributed by atoms with van der Waals surface area (Å²) in [6.45, 7) is 9.09. The lowest BCUT2D eigenvalue weighted by Gasteiger charge is -2.19. The maximum absolute atomic E-state index is 2.50. The first-order valence-electron chi connectivity index (χ1n) is 8.25. The summed E-state index contributed by atoms with van der Waals surface area (Å²) >= 11 is 0. The standard InChI is InChI=1S/C21H25N/c1-16-13-20(15-17(2)22-11-7-8-12-22)18(3)21(14-16)19-9-5-4-6-10-19/h4-6,9-10,13-15H,7-8,11-12H2,1-3H3. The Hall–Kier alpha value is -2.02. The molecule has 2 aromatic carbocycles. The predicted molar refractivity (Wildman–Crippen MR) is 95.8 cm³/mol. The van der Waals surface area contributed by atoms with Crippen LogP contribution in [0.4, 0.5) is 0 Å². The molecule has 1 saturated heterocycles. The lowest BCUT2D eigenvalue weighted by atomic mass is 9.93. The predicted octanol–water partition coefficient (Wildman–Crippen LogP) is 5.43. The third-order valence-corrected chi connectivity index (χ3v) is 4.65. The summed E-state index contributed by atoms with van der Waals surface area (Å²) in [5, 5.41) is 0. The van der Waals surface area contributed by atoms with E-state index in [0.717, 1.165) is 0 Å². The van der Waals surface area contributed by atoms with Gasteiger partial charge in [0.05, 0.1) is 0 Å². The number of likely N-dealkylation sites (tertiary alicyclic amines) is 1. The first-order chi connectivity index (χ1) is 10.6. The molecule has 1 nitrogen and oxygen atoms in total. The Morgan fingerprint density at radius 2 is 1.68 bits per heavy atom. The molecule has 0 unspecified atom stereocenters. The Morgan fingerprint density at radius 3 is 2.36 bits per heavy atom. The molecule has 2 aromatic rings. The van der Waals surface area contributed by atoms with E-state index in [1.807, 2.05) is 0 Å². The van der Waals surface area contributed by atoms with Gasteiger partial charge in [0, 0.05) is 18.8 Å². The summed E-state index contributed by atoms with van der Waals surface area (Å²) in [7, 11) is 0. The average molecular weight is 291 g/mol. The second-order valence-corrected chi connectivity index (χ2v) is 6.37. The zero-order valence-corrected chi connectivity index (χ0v) is 13.9. The van der Waals surface area contributed by atoms with Gasteiger partial charge in [0.25, 0.3) is 0 Å². The highest BCUT2D eigenvalue weighted by molar-refractivity contribution is 5.73. The van der Waals surface area contributed by atoms with Gasteiger partial charge in [-0.2, -0.15) is 0 Å². The smallest absolute Gasteiger partial charge is 0.0175 e. The van der Waals surface area contributed by atoms with Crippen molar-refractivity contribution in [2.75, 3.05) is 13.1 Å². The number of aryl methyl sites for hydroxylation is 1. The van der Waals surface area contributed by atoms with Gasteiger partial charge in [0.15, 0.2) is 0 Å². The van der Waals surface area contributed by atoms with Gasteiger partial charge in [-0.05, 0) is 67.5 Å². The van der Waals surface area contributed by atoms with E-state index in [1.165, 1.54) is 59.4 Å². The molecule has 1 fully saturated rings. The molecule has 0 saturated carbocycles. The summed E-state index contributed by atoms with van der Waals surface area (Å²) in [6, 6.07) is 15.3. The van der Waals surface area contributed by atoms with Crippen LogP contribution in [-0.2, 0) is 0 Å². The SMILES string of the molecule is CC(=Cc1cc(C)cc(-c2ccccc2)c1C)N1CCCC1. The molecule has 22 heavy (non-hydrogen) atoms. The van der Waals surface area contributed by atoms with Crippen LogP contribution in [0.15, 0.2) is 48.2 Å². The molecule has 1 heterocycles. The molecule has 1 aliphatic heterocycles. The van der Waals surface area contributed by atoms with Crippen molar-refractivity contribution in [1.29, 1.82) is 0 Å².